The monoisotopic (exact) mass is 457 g/mol. The highest BCUT2D eigenvalue weighted by Gasteiger charge is 2.42. The maximum absolute atomic E-state index is 12.7. The molecule has 5 rings (SSSR count). The van der Waals surface area contributed by atoms with Gasteiger partial charge in [0.05, 0.1) is 23.7 Å². The number of carbonyl (C=O) groups is 1. The smallest absolute Gasteiger partial charge is 0.534 e. The maximum atomic E-state index is 12.7. The Morgan fingerprint density at radius 1 is 1.24 bits per heavy atom. The normalized spacial score (nSPS) is 19.4. The van der Waals surface area contributed by atoms with E-state index in [9.17, 15) is 4.79 Å². The molecule has 0 saturated carbocycles. The van der Waals surface area contributed by atoms with Crippen LogP contribution in [0.1, 0.15) is 44.1 Å². The zero-order valence-electron chi connectivity index (χ0n) is 19.5. The van der Waals surface area contributed by atoms with Crippen molar-refractivity contribution in [2.75, 3.05) is 6.54 Å². The molecule has 2 aliphatic rings. The van der Waals surface area contributed by atoms with E-state index in [-0.39, 0.29) is 18.7 Å². The molecule has 0 aliphatic carbocycles. The molecule has 2 aromatic carbocycles. The summed E-state index contributed by atoms with van der Waals surface area (Å²) < 4.78 is 17.3. The summed E-state index contributed by atoms with van der Waals surface area (Å²) in [6.07, 6.45) is 3.26. The van der Waals surface area contributed by atoms with Crippen LogP contribution in [0.15, 0.2) is 73.1 Å². The van der Waals surface area contributed by atoms with E-state index in [2.05, 4.69) is 16.5 Å². The van der Waals surface area contributed by atoms with Crippen molar-refractivity contribution in [1.29, 1.82) is 0 Å². The largest absolute Gasteiger partial charge is 0.563 e. The van der Waals surface area contributed by atoms with Gasteiger partial charge < -0.3 is 19.0 Å². The Balaban J connectivity index is 1.25. The van der Waals surface area contributed by atoms with Gasteiger partial charge >= 0.3 is 13.2 Å². The summed E-state index contributed by atoms with van der Waals surface area (Å²) in [6.45, 7) is 8.74. The first kappa shape index (κ1) is 22.3. The Labute approximate surface area is 199 Å². The minimum Gasteiger partial charge on any atom is -0.534 e. The highest BCUT2D eigenvalue weighted by molar-refractivity contribution is 6.62. The molecule has 3 aromatic rings. The third-order valence-electron chi connectivity index (χ3n) is 6.42. The zero-order valence-corrected chi connectivity index (χ0v) is 19.5. The number of aromatic nitrogens is 2. The van der Waals surface area contributed by atoms with Gasteiger partial charge in [0, 0.05) is 6.54 Å². The first-order chi connectivity index (χ1) is 16.4. The van der Waals surface area contributed by atoms with E-state index in [0.29, 0.717) is 12.3 Å². The number of imidazole rings is 1. The molecule has 34 heavy (non-hydrogen) atoms. The van der Waals surface area contributed by atoms with Crippen LogP contribution >= 0.6 is 0 Å². The highest BCUT2D eigenvalue weighted by Crippen LogP contribution is 2.32. The standard InChI is InChI=1S/C26H28BN3O4/c1-18-26(2,3)34-27(33-18)21-13-11-20(12-14-21)22-16-28-24(29-22)23-10-7-15-30(23)25(31)32-17-19-8-5-4-6-9-19/h4-6,8-9,11-14,16,23H,1,7,10,15,17H2,2-3H3,(H,28,29)/t23-/m0/s1. The lowest BCUT2D eigenvalue weighted by Gasteiger charge is -2.22. The molecular formula is C26H28BN3O4. The fourth-order valence-corrected chi connectivity index (χ4v) is 4.31. The van der Waals surface area contributed by atoms with Gasteiger partial charge in [-0.1, -0.05) is 61.2 Å². The van der Waals surface area contributed by atoms with Crippen molar-refractivity contribution in [1.82, 2.24) is 14.9 Å². The molecule has 1 aromatic heterocycles. The fourth-order valence-electron chi connectivity index (χ4n) is 4.31. The maximum Gasteiger partial charge on any atom is 0.563 e. The van der Waals surface area contributed by atoms with Gasteiger partial charge in [0.1, 0.15) is 18.0 Å². The molecule has 0 bridgehead atoms. The van der Waals surface area contributed by atoms with Gasteiger partial charge in [-0.2, -0.15) is 0 Å². The SMILES string of the molecule is C=C1OB(c2ccc(-c3cnc([C@@H]4CCCN4C(=O)OCc4ccccc4)[nH]3)cc2)OC1(C)C. The van der Waals surface area contributed by atoms with Crippen molar-refractivity contribution >= 4 is 18.7 Å². The van der Waals surface area contributed by atoms with Crippen molar-refractivity contribution in [2.24, 2.45) is 0 Å². The molecular weight excluding hydrogens is 429 g/mol. The molecule has 2 fully saturated rings. The molecule has 1 amide bonds. The van der Waals surface area contributed by atoms with Gasteiger partial charge in [-0.05, 0) is 43.3 Å². The molecule has 2 aliphatic heterocycles. The predicted octanol–water partition coefficient (Wildman–Crippen LogP) is 4.58. The molecule has 0 radical (unpaired) electrons. The van der Waals surface area contributed by atoms with Gasteiger partial charge in [0.2, 0.25) is 0 Å². The van der Waals surface area contributed by atoms with Gasteiger partial charge in [-0.25, -0.2) is 9.78 Å². The summed E-state index contributed by atoms with van der Waals surface area (Å²) >= 11 is 0. The second-order valence-corrected chi connectivity index (χ2v) is 9.20. The van der Waals surface area contributed by atoms with Crippen LogP contribution in [0.25, 0.3) is 11.3 Å². The van der Waals surface area contributed by atoms with Crippen LogP contribution in [-0.2, 0) is 20.7 Å². The number of amides is 1. The Kier molecular flexibility index (Phi) is 5.92. The van der Waals surface area contributed by atoms with Crippen molar-refractivity contribution < 1.29 is 18.8 Å². The van der Waals surface area contributed by atoms with E-state index >= 15 is 0 Å². The molecule has 174 valence electrons. The molecule has 8 heteroatoms. The summed E-state index contributed by atoms with van der Waals surface area (Å²) in [5.74, 6) is 1.40. The van der Waals surface area contributed by atoms with E-state index in [0.717, 1.165) is 40.9 Å². The number of hydrogen-bond acceptors (Lipinski definition) is 5. The second-order valence-electron chi connectivity index (χ2n) is 9.20. The topological polar surface area (TPSA) is 76.7 Å². The van der Waals surface area contributed by atoms with Crippen molar-refractivity contribution in [3.05, 3.63) is 84.5 Å². The van der Waals surface area contributed by atoms with E-state index < -0.39 is 12.7 Å². The number of hydrogen-bond donors (Lipinski definition) is 1. The summed E-state index contributed by atoms with van der Waals surface area (Å²) in [7, 11) is -0.456. The fraction of sp³-hybridized carbons (Fsp3) is 0.308. The number of H-pyrrole nitrogens is 1. The Morgan fingerprint density at radius 2 is 2.00 bits per heavy atom. The third-order valence-corrected chi connectivity index (χ3v) is 6.42. The van der Waals surface area contributed by atoms with E-state index in [1.54, 1.807) is 4.90 Å². The van der Waals surface area contributed by atoms with Crippen molar-refractivity contribution in [2.45, 2.75) is 44.9 Å². The van der Waals surface area contributed by atoms with Crippen LogP contribution in [0.3, 0.4) is 0 Å². The molecule has 3 heterocycles. The molecule has 1 atom stereocenters. The van der Waals surface area contributed by atoms with E-state index in [4.69, 9.17) is 14.0 Å². The van der Waals surface area contributed by atoms with Crippen LogP contribution in [-0.4, -0.2) is 40.2 Å². The van der Waals surface area contributed by atoms with Crippen LogP contribution in [0.5, 0.6) is 0 Å². The van der Waals surface area contributed by atoms with Gasteiger partial charge in [0.15, 0.2) is 0 Å². The minimum absolute atomic E-state index is 0.121. The first-order valence-corrected chi connectivity index (χ1v) is 11.6. The summed E-state index contributed by atoms with van der Waals surface area (Å²) in [5, 5.41) is 0. The van der Waals surface area contributed by atoms with Crippen molar-refractivity contribution in [3.8, 4) is 11.3 Å². The molecule has 0 unspecified atom stereocenters. The lowest BCUT2D eigenvalue weighted by molar-refractivity contribution is 0.0910. The predicted molar refractivity (Wildman–Crippen MR) is 130 cm³/mol. The Morgan fingerprint density at radius 3 is 2.71 bits per heavy atom. The average molecular weight is 457 g/mol. The Bertz CT molecular complexity index is 1180. The molecule has 1 N–H and O–H groups in total. The number of nitrogens with zero attached hydrogens (tertiary/aromatic N) is 2. The Hall–Kier alpha value is -3.52. The lowest BCUT2D eigenvalue weighted by Crippen LogP contribution is -2.34. The van der Waals surface area contributed by atoms with E-state index in [1.807, 2.05) is 74.6 Å². The number of ether oxygens (including phenoxy) is 1. The quantitative estimate of drug-likeness (QED) is 0.568. The minimum atomic E-state index is -0.503. The number of likely N-dealkylation sites (tertiary alicyclic amines) is 1. The summed E-state index contributed by atoms with van der Waals surface area (Å²) in [6, 6.07) is 17.6. The number of rotatable bonds is 5. The van der Waals surface area contributed by atoms with Gasteiger partial charge in [-0.15, -0.1) is 0 Å². The molecule has 0 spiro atoms. The van der Waals surface area contributed by atoms with Crippen molar-refractivity contribution in [3.63, 3.8) is 0 Å². The molecule has 2 saturated heterocycles. The average Bonchev–Trinajstić information content (AvgIpc) is 3.57. The van der Waals surface area contributed by atoms with Gasteiger partial charge in [-0.3, -0.25) is 4.90 Å². The second kappa shape index (κ2) is 9.03. The van der Waals surface area contributed by atoms with Crippen LogP contribution in [0.2, 0.25) is 0 Å². The number of carbonyl (C=O) groups excluding carboxylic acids is 1. The van der Waals surface area contributed by atoms with Gasteiger partial charge in [0.25, 0.3) is 0 Å². The van der Waals surface area contributed by atoms with E-state index in [1.165, 1.54) is 0 Å². The first-order valence-electron chi connectivity index (χ1n) is 11.6. The summed E-state index contributed by atoms with van der Waals surface area (Å²) in [5.41, 5.74) is 3.28. The molecule has 7 nitrogen and oxygen atoms in total. The number of aromatic amines is 1. The zero-order chi connectivity index (χ0) is 23.7. The number of benzene rings is 2. The van der Waals surface area contributed by atoms with Crippen LogP contribution in [0, 0.1) is 0 Å². The lowest BCUT2D eigenvalue weighted by atomic mass is 9.79. The highest BCUT2D eigenvalue weighted by atomic mass is 16.7. The third kappa shape index (κ3) is 4.46. The summed E-state index contributed by atoms with van der Waals surface area (Å²) in [4.78, 5) is 22.5. The van der Waals surface area contributed by atoms with Crippen LogP contribution in [0.4, 0.5) is 4.79 Å². The van der Waals surface area contributed by atoms with Crippen LogP contribution < -0.4 is 5.46 Å². The number of nitrogens with one attached hydrogen (secondary N) is 1.